The van der Waals surface area contributed by atoms with Crippen LogP contribution >= 0.6 is 0 Å². The van der Waals surface area contributed by atoms with Crippen LogP contribution in [0, 0.1) is 0 Å². The van der Waals surface area contributed by atoms with Crippen LogP contribution in [0.15, 0.2) is 73.1 Å². The van der Waals surface area contributed by atoms with E-state index in [2.05, 4.69) is 15.3 Å². The van der Waals surface area contributed by atoms with E-state index in [1.54, 1.807) is 18.3 Å². The number of rotatable bonds is 5. The Morgan fingerprint density at radius 1 is 0.966 bits per heavy atom. The van der Waals surface area contributed by atoms with Crippen LogP contribution in [0.4, 0.5) is 11.4 Å². The summed E-state index contributed by atoms with van der Waals surface area (Å²) in [6.45, 7) is 0. The zero-order valence-electron chi connectivity index (χ0n) is 15.2. The van der Waals surface area contributed by atoms with Gasteiger partial charge in [-0.15, -0.1) is 0 Å². The third kappa shape index (κ3) is 3.61. The molecule has 0 unspecified atom stereocenters. The third-order valence-corrected chi connectivity index (χ3v) is 4.47. The van der Waals surface area contributed by atoms with E-state index in [4.69, 9.17) is 5.73 Å². The second-order valence-corrected chi connectivity index (χ2v) is 6.37. The molecule has 0 fully saturated rings. The second-order valence-electron chi connectivity index (χ2n) is 6.37. The number of anilines is 2. The van der Waals surface area contributed by atoms with Gasteiger partial charge in [0.15, 0.2) is 0 Å². The molecule has 0 bridgehead atoms. The average molecular weight is 384 g/mol. The van der Waals surface area contributed by atoms with Crippen molar-refractivity contribution in [3.63, 3.8) is 0 Å². The van der Waals surface area contributed by atoms with Crippen LogP contribution in [0.1, 0.15) is 20.7 Å². The summed E-state index contributed by atoms with van der Waals surface area (Å²) in [7, 11) is 0. The number of nitrogens with zero attached hydrogens (tertiary/aromatic N) is 2. The summed E-state index contributed by atoms with van der Waals surface area (Å²) in [6, 6.07) is 17.6. The second kappa shape index (κ2) is 7.40. The van der Waals surface area contributed by atoms with Crippen LogP contribution in [-0.4, -0.2) is 27.0 Å². The number of carbonyl (C=O) groups is 2. The number of pyridine rings is 2. The molecule has 2 heterocycles. The summed E-state index contributed by atoms with van der Waals surface area (Å²) in [4.78, 5) is 31.9. The first-order valence-corrected chi connectivity index (χ1v) is 8.77. The number of carboxylic acid groups (broad SMARTS) is 1. The largest absolute Gasteiger partial charge is 0.478 e. The molecule has 0 radical (unpaired) electrons. The van der Waals surface area contributed by atoms with Crippen molar-refractivity contribution in [3.8, 4) is 11.3 Å². The Hall–Kier alpha value is -4.26. The number of primary amides is 1. The van der Waals surface area contributed by atoms with Crippen molar-refractivity contribution in [2.45, 2.75) is 0 Å². The maximum Gasteiger partial charge on any atom is 0.335 e. The molecule has 7 heteroatoms. The monoisotopic (exact) mass is 384 g/mol. The minimum Gasteiger partial charge on any atom is -0.478 e. The Bertz CT molecular complexity index is 1240. The van der Waals surface area contributed by atoms with E-state index in [0.717, 1.165) is 11.3 Å². The maximum absolute atomic E-state index is 12.0. The highest BCUT2D eigenvalue weighted by Crippen LogP contribution is 2.31. The number of benzene rings is 2. The number of aromatic nitrogens is 2. The number of hydrogen-bond donors (Lipinski definition) is 3. The van der Waals surface area contributed by atoms with E-state index >= 15 is 0 Å². The van der Waals surface area contributed by atoms with Crippen molar-refractivity contribution in [1.29, 1.82) is 0 Å². The molecule has 4 rings (SSSR count). The number of carboxylic acids is 1. The van der Waals surface area contributed by atoms with Gasteiger partial charge in [0.05, 0.1) is 28.0 Å². The summed E-state index contributed by atoms with van der Waals surface area (Å²) in [5.74, 6) is -1.67. The highest BCUT2D eigenvalue weighted by molar-refractivity contribution is 6.08. The molecule has 0 atom stereocenters. The quantitative estimate of drug-likeness (QED) is 0.481. The van der Waals surface area contributed by atoms with Gasteiger partial charge in [-0.1, -0.05) is 24.3 Å². The minimum atomic E-state index is -1.04. The number of fused-ring (bicyclic) bond motifs is 1. The van der Waals surface area contributed by atoms with Crippen LogP contribution in [0.5, 0.6) is 0 Å². The lowest BCUT2D eigenvalue weighted by Crippen LogP contribution is -2.14. The number of nitrogens with two attached hydrogens (primary N) is 1. The number of hydrogen-bond acceptors (Lipinski definition) is 5. The van der Waals surface area contributed by atoms with Gasteiger partial charge in [-0.3, -0.25) is 14.8 Å². The lowest BCUT2D eigenvalue weighted by atomic mass is 10.0. The fraction of sp³-hybridized carbons (Fsp3) is 0. The molecule has 0 aliphatic carbocycles. The summed E-state index contributed by atoms with van der Waals surface area (Å²) in [5.41, 5.74) is 9.21. The number of aromatic carboxylic acids is 1. The molecule has 142 valence electrons. The summed E-state index contributed by atoms with van der Waals surface area (Å²) >= 11 is 0. The van der Waals surface area contributed by atoms with E-state index in [0.29, 0.717) is 22.3 Å². The first-order valence-electron chi connectivity index (χ1n) is 8.77. The normalized spacial score (nSPS) is 10.6. The fourth-order valence-electron chi connectivity index (χ4n) is 3.08. The summed E-state index contributed by atoms with van der Waals surface area (Å²) in [5, 5.41) is 13.0. The number of amides is 1. The van der Waals surface area contributed by atoms with Gasteiger partial charge < -0.3 is 16.2 Å². The average Bonchev–Trinajstić information content (AvgIpc) is 2.74. The molecule has 2 aromatic carbocycles. The molecule has 0 aliphatic heterocycles. The highest BCUT2D eigenvalue weighted by atomic mass is 16.4. The van der Waals surface area contributed by atoms with Crippen molar-refractivity contribution >= 4 is 34.2 Å². The molecule has 0 spiro atoms. The molecule has 7 nitrogen and oxygen atoms in total. The van der Waals surface area contributed by atoms with Crippen molar-refractivity contribution in [2.75, 3.05) is 5.32 Å². The third-order valence-electron chi connectivity index (χ3n) is 4.47. The lowest BCUT2D eigenvalue weighted by Gasteiger charge is -2.14. The predicted molar refractivity (Wildman–Crippen MR) is 110 cm³/mol. The van der Waals surface area contributed by atoms with Gasteiger partial charge in [0.25, 0.3) is 5.91 Å². The van der Waals surface area contributed by atoms with Gasteiger partial charge >= 0.3 is 5.97 Å². The Kier molecular flexibility index (Phi) is 4.62. The highest BCUT2D eigenvalue weighted by Gasteiger charge is 2.15. The van der Waals surface area contributed by atoms with Crippen LogP contribution in [0.25, 0.3) is 22.2 Å². The van der Waals surface area contributed by atoms with Crippen molar-refractivity contribution < 1.29 is 14.7 Å². The zero-order chi connectivity index (χ0) is 20.4. The Labute approximate surface area is 165 Å². The standard InChI is InChI=1S/C22H16N4O3/c23-21(27)17-12-25-19-11-13(18-6-1-2-9-24-18)7-8-16(19)20(17)26-15-5-3-4-14(10-15)22(28)29/h1-12H,(H2,23,27)(H,25,26)(H,28,29). The van der Waals surface area contributed by atoms with Crippen molar-refractivity contribution in [1.82, 2.24) is 9.97 Å². The molecule has 4 aromatic rings. The SMILES string of the molecule is NC(=O)c1cnc2cc(-c3ccccn3)ccc2c1Nc1cccc(C(=O)O)c1. The van der Waals surface area contributed by atoms with E-state index in [-0.39, 0.29) is 11.1 Å². The number of carbonyl (C=O) groups excluding carboxylic acids is 1. The van der Waals surface area contributed by atoms with Gasteiger partial charge in [-0.25, -0.2) is 4.79 Å². The molecule has 0 aliphatic rings. The van der Waals surface area contributed by atoms with Gasteiger partial charge in [0.1, 0.15) is 0 Å². The number of nitrogens with one attached hydrogen (secondary N) is 1. The van der Waals surface area contributed by atoms with Gasteiger partial charge in [0, 0.05) is 29.0 Å². The van der Waals surface area contributed by atoms with E-state index < -0.39 is 11.9 Å². The molecule has 1 amide bonds. The minimum absolute atomic E-state index is 0.131. The van der Waals surface area contributed by atoms with Crippen LogP contribution in [-0.2, 0) is 0 Å². The molecule has 2 aromatic heterocycles. The summed E-state index contributed by atoms with van der Waals surface area (Å²) < 4.78 is 0. The molecular weight excluding hydrogens is 368 g/mol. The first kappa shape index (κ1) is 18.1. The molecular formula is C22H16N4O3. The van der Waals surface area contributed by atoms with E-state index in [9.17, 15) is 14.7 Å². The summed E-state index contributed by atoms with van der Waals surface area (Å²) in [6.07, 6.45) is 3.13. The first-order chi connectivity index (χ1) is 14.0. The maximum atomic E-state index is 12.0. The molecule has 29 heavy (non-hydrogen) atoms. The van der Waals surface area contributed by atoms with Gasteiger partial charge in [-0.05, 0) is 36.4 Å². The Balaban J connectivity index is 1.84. The van der Waals surface area contributed by atoms with Crippen LogP contribution in [0.2, 0.25) is 0 Å². The predicted octanol–water partition coefficient (Wildman–Crippen LogP) is 3.84. The van der Waals surface area contributed by atoms with E-state index in [1.807, 2.05) is 36.4 Å². The Morgan fingerprint density at radius 2 is 1.83 bits per heavy atom. The lowest BCUT2D eigenvalue weighted by molar-refractivity contribution is 0.0696. The molecule has 4 N–H and O–H groups in total. The Morgan fingerprint density at radius 3 is 2.55 bits per heavy atom. The van der Waals surface area contributed by atoms with Gasteiger partial charge in [-0.2, -0.15) is 0 Å². The molecule has 0 saturated heterocycles. The smallest absolute Gasteiger partial charge is 0.335 e. The fourth-order valence-corrected chi connectivity index (χ4v) is 3.08. The van der Waals surface area contributed by atoms with Gasteiger partial charge in [0.2, 0.25) is 0 Å². The van der Waals surface area contributed by atoms with Crippen LogP contribution in [0.3, 0.4) is 0 Å². The van der Waals surface area contributed by atoms with Crippen molar-refractivity contribution in [2.24, 2.45) is 5.73 Å². The van der Waals surface area contributed by atoms with E-state index in [1.165, 1.54) is 18.3 Å². The molecule has 0 saturated carbocycles. The topological polar surface area (TPSA) is 118 Å². The van der Waals surface area contributed by atoms with Crippen LogP contribution < -0.4 is 11.1 Å². The van der Waals surface area contributed by atoms with Crippen molar-refractivity contribution in [3.05, 3.63) is 84.2 Å². The zero-order valence-corrected chi connectivity index (χ0v) is 15.2.